The molecule has 86 valence electrons. The molecule has 0 aromatic heterocycles. The van der Waals surface area contributed by atoms with Crippen LogP contribution in [-0.4, -0.2) is 29.9 Å². The van der Waals surface area contributed by atoms with Crippen molar-refractivity contribution in [2.75, 3.05) is 13.1 Å². The van der Waals surface area contributed by atoms with Crippen LogP contribution in [0, 0.1) is 0 Å². The van der Waals surface area contributed by atoms with Crippen LogP contribution in [0.15, 0.2) is 30.3 Å². The fourth-order valence-corrected chi connectivity index (χ4v) is 2.03. The van der Waals surface area contributed by atoms with E-state index in [0.717, 1.165) is 19.5 Å². The summed E-state index contributed by atoms with van der Waals surface area (Å²) >= 11 is 0. The molecule has 1 aromatic carbocycles. The SMILES string of the molecule is C[C@@H]1CCN(Cc2ccccc2)CC(=O)N1. The molecule has 1 aromatic rings. The summed E-state index contributed by atoms with van der Waals surface area (Å²) in [4.78, 5) is 13.7. The van der Waals surface area contributed by atoms with E-state index in [-0.39, 0.29) is 5.91 Å². The molecule has 0 aliphatic carbocycles. The van der Waals surface area contributed by atoms with Gasteiger partial charge < -0.3 is 5.32 Å². The smallest absolute Gasteiger partial charge is 0.234 e. The number of nitrogens with zero attached hydrogens (tertiary/aromatic N) is 1. The predicted octanol–water partition coefficient (Wildman–Crippen LogP) is 1.40. The van der Waals surface area contributed by atoms with Crippen LogP contribution < -0.4 is 5.32 Å². The number of carbonyl (C=O) groups excluding carboxylic acids is 1. The van der Waals surface area contributed by atoms with Crippen molar-refractivity contribution in [2.24, 2.45) is 0 Å². The number of nitrogens with one attached hydrogen (secondary N) is 1. The van der Waals surface area contributed by atoms with Gasteiger partial charge in [-0.15, -0.1) is 0 Å². The number of carbonyl (C=O) groups is 1. The Labute approximate surface area is 96.5 Å². The van der Waals surface area contributed by atoms with Gasteiger partial charge in [-0.25, -0.2) is 0 Å². The molecule has 1 amide bonds. The van der Waals surface area contributed by atoms with Gasteiger partial charge in [0.05, 0.1) is 6.54 Å². The zero-order valence-corrected chi connectivity index (χ0v) is 9.65. The maximum Gasteiger partial charge on any atom is 0.234 e. The molecule has 0 spiro atoms. The first-order valence-corrected chi connectivity index (χ1v) is 5.79. The van der Waals surface area contributed by atoms with Gasteiger partial charge in [0, 0.05) is 19.1 Å². The Balaban J connectivity index is 1.97. The van der Waals surface area contributed by atoms with Crippen LogP contribution in [0.3, 0.4) is 0 Å². The molecule has 2 rings (SSSR count). The highest BCUT2D eigenvalue weighted by molar-refractivity contribution is 5.78. The van der Waals surface area contributed by atoms with Crippen LogP contribution >= 0.6 is 0 Å². The third kappa shape index (κ3) is 3.07. The standard InChI is InChI=1S/C13H18N2O/c1-11-7-8-15(10-13(16)14-11)9-12-5-3-2-4-6-12/h2-6,11H,7-10H2,1H3,(H,14,16)/t11-/m1/s1. The number of hydrogen-bond donors (Lipinski definition) is 1. The van der Waals surface area contributed by atoms with Crippen molar-refractivity contribution in [3.63, 3.8) is 0 Å². The van der Waals surface area contributed by atoms with Crippen molar-refractivity contribution in [1.29, 1.82) is 0 Å². The summed E-state index contributed by atoms with van der Waals surface area (Å²) in [5.74, 6) is 0.140. The number of amides is 1. The summed E-state index contributed by atoms with van der Waals surface area (Å²) < 4.78 is 0. The van der Waals surface area contributed by atoms with E-state index in [1.54, 1.807) is 0 Å². The molecule has 3 heteroatoms. The van der Waals surface area contributed by atoms with E-state index >= 15 is 0 Å². The maximum atomic E-state index is 11.5. The fourth-order valence-electron chi connectivity index (χ4n) is 2.03. The van der Waals surface area contributed by atoms with E-state index in [9.17, 15) is 4.79 Å². The lowest BCUT2D eigenvalue weighted by Gasteiger charge is -2.18. The summed E-state index contributed by atoms with van der Waals surface area (Å²) in [6.45, 7) is 4.42. The minimum absolute atomic E-state index is 0.140. The molecule has 0 bridgehead atoms. The quantitative estimate of drug-likeness (QED) is 0.813. The van der Waals surface area contributed by atoms with Crippen molar-refractivity contribution in [1.82, 2.24) is 10.2 Å². The monoisotopic (exact) mass is 218 g/mol. The molecule has 1 aliphatic rings. The van der Waals surface area contributed by atoms with E-state index in [4.69, 9.17) is 0 Å². The Hall–Kier alpha value is -1.35. The Bertz CT molecular complexity index is 350. The summed E-state index contributed by atoms with van der Waals surface area (Å²) in [7, 11) is 0. The lowest BCUT2D eigenvalue weighted by molar-refractivity contribution is -0.122. The van der Waals surface area contributed by atoms with Gasteiger partial charge >= 0.3 is 0 Å². The second-order valence-corrected chi connectivity index (χ2v) is 4.45. The van der Waals surface area contributed by atoms with Gasteiger partial charge in [0.1, 0.15) is 0 Å². The Morgan fingerprint density at radius 2 is 2.12 bits per heavy atom. The van der Waals surface area contributed by atoms with Crippen LogP contribution in [0.25, 0.3) is 0 Å². The molecule has 0 saturated carbocycles. The Morgan fingerprint density at radius 1 is 1.38 bits per heavy atom. The first-order valence-electron chi connectivity index (χ1n) is 5.79. The lowest BCUT2D eigenvalue weighted by atomic mass is 10.2. The molecule has 1 N–H and O–H groups in total. The minimum Gasteiger partial charge on any atom is -0.352 e. The van der Waals surface area contributed by atoms with E-state index in [0.29, 0.717) is 12.6 Å². The summed E-state index contributed by atoms with van der Waals surface area (Å²) in [6.07, 6.45) is 1.03. The highest BCUT2D eigenvalue weighted by atomic mass is 16.2. The van der Waals surface area contributed by atoms with Gasteiger partial charge in [-0.2, -0.15) is 0 Å². The molecule has 0 radical (unpaired) electrons. The Kier molecular flexibility index (Phi) is 3.57. The third-order valence-corrected chi connectivity index (χ3v) is 2.90. The van der Waals surface area contributed by atoms with Gasteiger partial charge in [0.25, 0.3) is 0 Å². The molecule has 1 atom stereocenters. The van der Waals surface area contributed by atoms with Gasteiger partial charge in [-0.3, -0.25) is 9.69 Å². The van der Waals surface area contributed by atoms with Gasteiger partial charge in [0.15, 0.2) is 0 Å². The van der Waals surface area contributed by atoms with E-state index in [2.05, 4.69) is 29.3 Å². The first kappa shape index (κ1) is 11.1. The Morgan fingerprint density at radius 3 is 2.88 bits per heavy atom. The topological polar surface area (TPSA) is 32.3 Å². The number of hydrogen-bond acceptors (Lipinski definition) is 2. The minimum atomic E-state index is 0.140. The van der Waals surface area contributed by atoms with Crippen LogP contribution in [-0.2, 0) is 11.3 Å². The average molecular weight is 218 g/mol. The number of rotatable bonds is 2. The third-order valence-electron chi connectivity index (χ3n) is 2.90. The molecular weight excluding hydrogens is 200 g/mol. The highest BCUT2D eigenvalue weighted by Crippen LogP contribution is 2.08. The summed E-state index contributed by atoms with van der Waals surface area (Å²) in [5.41, 5.74) is 1.27. The molecular formula is C13H18N2O. The maximum absolute atomic E-state index is 11.5. The van der Waals surface area contributed by atoms with Gasteiger partial charge in [0.2, 0.25) is 5.91 Å². The molecule has 1 saturated heterocycles. The second-order valence-electron chi connectivity index (χ2n) is 4.45. The second kappa shape index (κ2) is 5.12. The van der Waals surface area contributed by atoms with Crippen LogP contribution in [0.2, 0.25) is 0 Å². The molecule has 16 heavy (non-hydrogen) atoms. The van der Waals surface area contributed by atoms with Crippen LogP contribution in [0.5, 0.6) is 0 Å². The summed E-state index contributed by atoms with van der Waals surface area (Å²) in [6, 6.07) is 10.6. The van der Waals surface area contributed by atoms with Crippen LogP contribution in [0.4, 0.5) is 0 Å². The van der Waals surface area contributed by atoms with Gasteiger partial charge in [-0.1, -0.05) is 30.3 Å². The zero-order chi connectivity index (χ0) is 11.4. The molecule has 1 heterocycles. The summed E-state index contributed by atoms with van der Waals surface area (Å²) in [5, 5.41) is 2.98. The highest BCUT2D eigenvalue weighted by Gasteiger charge is 2.18. The van der Waals surface area contributed by atoms with E-state index in [1.165, 1.54) is 5.56 Å². The molecule has 0 unspecified atom stereocenters. The lowest BCUT2D eigenvalue weighted by Crippen LogP contribution is -2.35. The van der Waals surface area contributed by atoms with Crippen molar-refractivity contribution in [2.45, 2.75) is 25.9 Å². The van der Waals surface area contributed by atoms with Gasteiger partial charge in [-0.05, 0) is 18.9 Å². The van der Waals surface area contributed by atoms with Crippen LogP contribution in [0.1, 0.15) is 18.9 Å². The number of benzene rings is 1. The molecule has 1 aliphatic heterocycles. The normalized spacial score (nSPS) is 22.6. The average Bonchev–Trinajstić information content (AvgIpc) is 2.41. The molecule has 3 nitrogen and oxygen atoms in total. The molecule has 1 fully saturated rings. The first-order chi connectivity index (χ1) is 7.74. The largest absolute Gasteiger partial charge is 0.352 e. The van der Waals surface area contributed by atoms with Crippen molar-refractivity contribution in [3.8, 4) is 0 Å². The van der Waals surface area contributed by atoms with Crippen molar-refractivity contribution in [3.05, 3.63) is 35.9 Å². The predicted molar refractivity (Wildman–Crippen MR) is 63.9 cm³/mol. The van der Waals surface area contributed by atoms with E-state index in [1.807, 2.05) is 18.2 Å². The zero-order valence-electron chi connectivity index (χ0n) is 9.65. The fraction of sp³-hybridized carbons (Fsp3) is 0.462. The van der Waals surface area contributed by atoms with E-state index < -0.39 is 0 Å². The van der Waals surface area contributed by atoms with Crippen molar-refractivity contribution < 1.29 is 4.79 Å². The van der Waals surface area contributed by atoms with Crippen molar-refractivity contribution >= 4 is 5.91 Å².